The van der Waals surface area contributed by atoms with E-state index in [0.29, 0.717) is 10.2 Å². The summed E-state index contributed by atoms with van der Waals surface area (Å²) in [6.07, 6.45) is 1.33. The summed E-state index contributed by atoms with van der Waals surface area (Å²) in [5, 5.41) is 13.0. The van der Waals surface area contributed by atoms with Crippen molar-refractivity contribution < 1.29 is 9.90 Å². The number of aromatic carboxylic acids is 1. The lowest BCUT2D eigenvalue weighted by Gasteiger charge is -2.05. The monoisotopic (exact) mass is 380 g/mol. The number of hydrogen-bond donors (Lipinski definition) is 2. The Hall–Kier alpha value is -0.860. The lowest BCUT2D eigenvalue weighted by molar-refractivity contribution is 0.0702. The summed E-state index contributed by atoms with van der Waals surface area (Å²) >= 11 is 9.08. The molecule has 17 heavy (non-hydrogen) atoms. The molecule has 4 nitrogen and oxygen atoms in total. The first kappa shape index (κ1) is 12.6. The molecule has 0 aliphatic rings. The third-order valence-electron chi connectivity index (χ3n) is 1.89. The molecular weight excluding hydrogens is 375 g/mol. The molecule has 0 unspecified atom stereocenters. The lowest BCUT2D eigenvalue weighted by Crippen LogP contribution is -1.91. The number of rotatable bonds is 3. The molecule has 0 saturated heterocycles. The Morgan fingerprint density at radius 1 is 1.53 bits per heavy atom. The van der Waals surface area contributed by atoms with E-state index < -0.39 is 5.97 Å². The van der Waals surface area contributed by atoms with Crippen LogP contribution in [0.3, 0.4) is 0 Å². The summed E-state index contributed by atoms with van der Waals surface area (Å²) in [5.41, 5.74) is 0.848. The van der Waals surface area contributed by atoms with Crippen molar-refractivity contribution in [1.29, 1.82) is 0 Å². The zero-order valence-corrected chi connectivity index (χ0v) is 12.0. The predicted molar refractivity (Wildman–Crippen MR) is 76.5 cm³/mol. The second-order valence-corrected chi connectivity index (χ2v) is 5.71. The molecule has 1 aromatic carbocycles. The molecule has 0 spiro atoms. The molecule has 0 bridgehead atoms. The molecule has 0 aliphatic carbocycles. The van der Waals surface area contributed by atoms with Gasteiger partial charge >= 0.3 is 5.97 Å². The van der Waals surface area contributed by atoms with Gasteiger partial charge in [0.15, 0.2) is 5.13 Å². The zero-order valence-electron chi connectivity index (χ0n) is 8.28. The van der Waals surface area contributed by atoms with E-state index in [9.17, 15) is 4.79 Å². The van der Waals surface area contributed by atoms with E-state index in [1.54, 1.807) is 6.07 Å². The topological polar surface area (TPSA) is 62.2 Å². The van der Waals surface area contributed by atoms with Crippen molar-refractivity contribution in [3.8, 4) is 0 Å². The molecule has 0 aliphatic heterocycles. The molecule has 1 aromatic heterocycles. The Kier molecular flexibility index (Phi) is 3.85. The number of carbonyl (C=O) groups is 1. The fourth-order valence-corrected chi connectivity index (χ4v) is 2.81. The van der Waals surface area contributed by atoms with E-state index in [1.807, 2.05) is 12.1 Å². The van der Waals surface area contributed by atoms with Gasteiger partial charge in [-0.25, -0.2) is 9.78 Å². The van der Waals surface area contributed by atoms with E-state index in [1.165, 1.54) is 6.20 Å². The van der Waals surface area contributed by atoms with Crippen molar-refractivity contribution in [2.75, 3.05) is 5.32 Å². The Morgan fingerprint density at radius 3 is 2.88 bits per heavy atom. The number of benzene rings is 1. The van der Waals surface area contributed by atoms with Crippen LogP contribution in [0.15, 0.2) is 24.4 Å². The summed E-state index contributed by atoms with van der Waals surface area (Å²) in [4.78, 5) is 14.9. The minimum Gasteiger partial charge on any atom is -0.477 e. The van der Waals surface area contributed by atoms with Gasteiger partial charge in [0.25, 0.3) is 0 Å². The zero-order chi connectivity index (χ0) is 12.4. The average molecular weight is 381 g/mol. The molecule has 2 aromatic rings. The third kappa shape index (κ3) is 3.08. The second-order valence-electron chi connectivity index (χ2n) is 3.08. The van der Waals surface area contributed by atoms with Gasteiger partial charge in [-0.05, 0) is 40.8 Å². The Balaban J connectivity index is 2.22. The predicted octanol–water partition coefficient (Wildman–Crippen LogP) is 3.84. The molecular formula is C10H6ClIN2O2S. The largest absolute Gasteiger partial charge is 0.477 e. The molecule has 2 rings (SSSR count). The summed E-state index contributed by atoms with van der Waals surface area (Å²) < 4.78 is 0.946. The molecule has 0 fully saturated rings. The number of aromatic nitrogens is 1. The van der Waals surface area contributed by atoms with Crippen LogP contribution in [-0.2, 0) is 0 Å². The van der Waals surface area contributed by atoms with Crippen LogP contribution in [0, 0.1) is 3.57 Å². The van der Waals surface area contributed by atoms with Crippen LogP contribution in [0.4, 0.5) is 10.8 Å². The number of halogens is 2. The average Bonchev–Trinajstić information content (AvgIpc) is 2.71. The van der Waals surface area contributed by atoms with Crippen molar-refractivity contribution in [2.45, 2.75) is 0 Å². The Labute approximate surface area is 120 Å². The summed E-state index contributed by atoms with van der Waals surface area (Å²) in [6, 6.07) is 5.40. The fraction of sp³-hybridized carbons (Fsp3) is 0. The van der Waals surface area contributed by atoms with Crippen LogP contribution in [0.25, 0.3) is 0 Å². The molecule has 1 heterocycles. The normalized spacial score (nSPS) is 10.2. The molecule has 0 saturated carbocycles. The molecule has 2 N–H and O–H groups in total. The number of nitrogens with one attached hydrogen (secondary N) is 1. The van der Waals surface area contributed by atoms with Crippen molar-refractivity contribution in [3.63, 3.8) is 0 Å². The summed E-state index contributed by atoms with van der Waals surface area (Å²) in [7, 11) is 0. The number of carboxylic acids is 1. The standard InChI is InChI=1S/C10H6ClIN2O2S/c11-5-1-2-7(6(12)3-5)14-10-13-4-8(17-10)9(15)16/h1-4H,(H,13,14)(H,15,16). The van der Waals surface area contributed by atoms with E-state index in [2.05, 4.69) is 32.9 Å². The number of anilines is 2. The van der Waals surface area contributed by atoms with Crippen molar-refractivity contribution in [2.24, 2.45) is 0 Å². The maximum Gasteiger partial charge on any atom is 0.347 e. The number of thiazole rings is 1. The first-order valence-electron chi connectivity index (χ1n) is 4.47. The first-order valence-corrected chi connectivity index (χ1v) is 6.75. The highest BCUT2D eigenvalue weighted by Crippen LogP contribution is 2.27. The van der Waals surface area contributed by atoms with Crippen LogP contribution in [0.5, 0.6) is 0 Å². The van der Waals surface area contributed by atoms with Crippen molar-refractivity contribution >= 4 is 62.3 Å². The SMILES string of the molecule is O=C(O)c1cnc(Nc2ccc(Cl)cc2I)s1. The smallest absolute Gasteiger partial charge is 0.347 e. The van der Waals surface area contributed by atoms with Crippen LogP contribution in [0.2, 0.25) is 5.02 Å². The van der Waals surface area contributed by atoms with Crippen molar-refractivity contribution in [1.82, 2.24) is 4.98 Å². The lowest BCUT2D eigenvalue weighted by atomic mass is 10.3. The van der Waals surface area contributed by atoms with E-state index in [0.717, 1.165) is 20.6 Å². The molecule has 0 atom stereocenters. The van der Waals surface area contributed by atoms with Crippen LogP contribution in [0.1, 0.15) is 9.67 Å². The highest BCUT2D eigenvalue weighted by atomic mass is 127. The maximum atomic E-state index is 10.7. The minimum absolute atomic E-state index is 0.205. The van der Waals surface area contributed by atoms with Gasteiger partial charge in [-0.3, -0.25) is 0 Å². The molecule has 7 heteroatoms. The van der Waals surface area contributed by atoms with Gasteiger partial charge in [0.1, 0.15) is 4.88 Å². The quantitative estimate of drug-likeness (QED) is 0.794. The van der Waals surface area contributed by atoms with Gasteiger partial charge in [-0.2, -0.15) is 0 Å². The van der Waals surface area contributed by atoms with Gasteiger partial charge in [-0.1, -0.05) is 22.9 Å². The van der Waals surface area contributed by atoms with Gasteiger partial charge in [0.05, 0.1) is 11.9 Å². The number of carboxylic acid groups (broad SMARTS) is 1. The Morgan fingerprint density at radius 2 is 2.29 bits per heavy atom. The molecule has 88 valence electrons. The first-order chi connectivity index (χ1) is 8.06. The van der Waals surface area contributed by atoms with E-state index in [4.69, 9.17) is 16.7 Å². The minimum atomic E-state index is -0.971. The fourth-order valence-electron chi connectivity index (χ4n) is 1.14. The molecule has 0 amide bonds. The summed E-state index contributed by atoms with van der Waals surface area (Å²) in [5.74, 6) is -0.971. The van der Waals surface area contributed by atoms with Crippen LogP contribution >= 0.6 is 45.5 Å². The van der Waals surface area contributed by atoms with Gasteiger partial charge in [0, 0.05) is 8.59 Å². The maximum absolute atomic E-state index is 10.7. The van der Waals surface area contributed by atoms with E-state index in [-0.39, 0.29) is 4.88 Å². The highest BCUT2D eigenvalue weighted by molar-refractivity contribution is 14.1. The second kappa shape index (κ2) is 5.19. The summed E-state index contributed by atoms with van der Waals surface area (Å²) in [6.45, 7) is 0. The van der Waals surface area contributed by atoms with Gasteiger partial charge in [-0.15, -0.1) is 0 Å². The molecule has 0 radical (unpaired) electrons. The highest BCUT2D eigenvalue weighted by Gasteiger charge is 2.09. The van der Waals surface area contributed by atoms with Gasteiger partial charge < -0.3 is 10.4 Å². The van der Waals surface area contributed by atoms with Crippen LogP contribution in [-0.4, -0.2) is 16.1 Å². The van der Waals surface area contributed by atoms with Crippen molar-refractivity contribution in [3.05, 3.63) is 37.9 Å². The van der Waals surface area contributed by atoms with Gasteiger partial charge in [0.2, 0.25) is 0 Å². The van der Waals surface area contributed by atoms with Crippen LogP contribution < -0.4 is 5.32 Å². The van der Waals surface area contributed by atoms with E-state index >= 15 is 0 Å². The number of hydrogen-bond acceptors (Lipinski definition) is 4. The third-order valence-corrected chi connectivity index (χ3v) is 3.92. The Bertz CT molecular complexity index is 573. The number of nitrogens with zero attached hydrogens (tertiary/aromatic N) is 1.